The van der Waals surface area contributed by atoms with E-state index in [1.54, 1.807) is 12.4 Å². The van der Waals surface area contributed by atoms with Crippen molar-refractivity contribution in [3.05, 3.63) is 53.3 Å². The molecule has 0 aliphatic carbocycles. The van der Waals surface area contributed by atoms with Crippen molar-refractivity contribution in [2.75, 3.05) is 0 Å². The van der Waals surface area contributed by atoms with Gasteiger partial charge < -0.3 is 4.52 Å². The molecule has 100 valence electrons. The SMILES string of the molecule is Cc1ncc(-c2c(-c3ccc(Cl)cc3)noc2C)cn1. The van der Waals surface area contributed by atoms with Crippen LogP contribution in [0.3, 0.4) is 0 Å². The van der Waals surface area contributed by atoms with E-state index in [1.165, 1.54) is 0 Å². The summed E-state index contributed by atoms with van der Waals surface area (Å²) >= 11 is 5.91. The van der Waals surface area contributed by atoms with Gasteiger partial charge in [0, 0.05) is 28.5 Å². The number of hydrogen-bond acceptors (Lipinski definition) is 4. The maximum Gasteiger partial charge on any atom is 0.142 e. The number of rotatable bonds is 2. The average molecular weight is 286 g/mol. The summed E-state index contributed by atoms with van der Waals surface area (Å²) in [6, 6.07) is 7.49. The Kier molecular flexibility index (Phi) is 3.24. The first-order chi connectivity index (χ1) is 9.65. The van der Waals surface area contributed by atoms with Crippen LogP contribution >= 0.6 is 11.6 Å². The largest absolute Gasteiger partial charge is 0.360 e. The summed E-state index contributed by atoms with van der Waals surface area (Å²) in [6.45, 7) is 3.73. The molecule has 0 radical (unpaired) electrons. The predicted molar refractivity (Wildman–Crippen MR) is 77.4 cm³/mol. The first-order valence-corrected chi connectivity index (χ1v) is 6.54. The van der Waals surface area contributed by atoms with Gasteiger partial charge in [-0.2, -0.15) is 0 Å². The first kappa shape index (κ1) is 12.8. The molecule has 0 N–H and O–H groups in total. The maximum absolute atomic E-state index is 5.91. The lowest BCUT2D eigenvalue weighted by Crippen LogP contribution is -1.90. The van der Waals surface area contributed by atoms with E-state index in [-0.39, 0.29) is 0 Å². The van der Waals surface area contributed by atoms with Crippen molar-refractivity contribution in [3.8, 4) is 22.4 Å². The second-order valence-electron chi connectivity index (χ2n) is 4.49. The molecule has 0 spiro atoms. The number of halogens is 1. The molecule has 0 aliphatic heterocycles. The molecule has 3 aromatic rings. The van der Waals surface area contributed by atoms with Crippen molar-refractivity contribution >= 4 is 11.6 Å². The fourth-order valence-corrected chi connectivity index (χ4v) is 2.16. The molecule has 0 amide bonds. The van der Waals surface area contributed by atoms with Gasteiger partial charge in [0.15, 0.2) is 0 Å². The summed E-state index contributed by atoms with van der Waals surface area (Å²) in [4.78, 5) is 8.45. The summed E-state index contributed by atoms with van der Waals surface area (Å²) in [6.07, 6.45) is 3.56. The lowest BCUT2D eigenvalue weighted by molar-refractivity contribution is 0.400. The van der Waals surface area contributed by atoms with Crippen LogP contribution in [0, 0.1) is 13.8 Å². The van der Waals surface area contributed by atoms with E-state index < -0.39 is 0 Å². The molecule has 20 heavy (non-hydrogen) atoms. The van der Waals surface area contributed by atoms with Gasteiger partial charge in [0.25, 0.3) is 0 Å². The molecule has 3 rings (SSSR count). The highest BCUT2D eigenvalue weighted by Crippen LogP contribution is 2.33. The van der Waals surface area contributed by atoms with Gasteiger partial charge in [-0.25, -0.2) is 9.97 Å². The van der Waals surface area contributed by atoms with Crippen LogP contribution in [0.4, 0.5) is 0 Å². The van der Waals surface area contributed by atoms with Crippen molar-refractivity contribution in [3.63, 3.8) is 0 Å². The minimum Gasteiger partial charge on any atom is -0.360 e. The smallest absolute Gasteiger partial charge is 0.142 e. The Balaban J connectivity index is 2.14. The van der Waals surface area contributed by atoms with E-state index in [9.17, 15) is 0 Å². The molecule has 0 saturated carbocycles. The van der Waals surface area contributed by atoms with E-state index in [4.69, 9.17) is 16.1 Å². The minimum atomic E-state index is 0.689. The molecular weight excluding hydrogens is 274 g/mol. The van der Waals surface area contributed by atoms with Crippen LogP contribution in [0.25, 0.3) is 22.4 Å². The summed E-state index contributed by atoms with van der Waals surface area (Å²) in [5.74, 6) is 1.47. The average Bonchev–Trinajstić information content (AvgIpc) is 2.83. The van der Waals surface area contributed by atoms with Crippen LogP contribution in [-0.4, -0.2) is 15.1 Å². The first-order valence-electron chi connectivity index (χ1n) is 6.16. The fraction of sp³-hybridized carbons (Fsp3) is 0.133. The number of hydrogen-bond donors (Lipinski definition) is 0. The maximum atomic E-state index is 5.91. The molecule has 0 atom stereocenters. The zero-order chi connectivity index (χ0) is 14.1. The lowest BCUT2D eigenvalue weighted by Gasteiger charge is -2.03. The third kappa shape index (κ3) is 2.30. The molecule has 0 unspecified atom stereocenters. The van der Waals surface area contributed by atoms with Crippen LogP contribution in [0.15, 0.2) is 41.2 Å². The number of aryl methyl sites for hydroxylation is 2. The molecule has 2 heterocycles. The van der Waals surface area contributed by atoms with Crippen LogP contribution < -0.4 is 0 Å². The molecule has 0 aliphatic rings. The van der Waals surface area contributed by atoms with Crippen LogP contribution in [0.1, 0.15) is 11.6 Å². The molecule has 0 bridgehead atoms. The third-order valence-corrected chi connectivity index (χ3v) is 3.30. The van der Waals surface area contributed by atoms with Gasteiger partial charge >= 0.3 is 0 Å². The zero-order valence-electron chi connectivity index (χ0n) is 11.1. The van der Waals surface area contributed by atoms with Gasteiger partial charge in [-0.3, -0.25) is 0 Å². The van der Waals surface area contributed by atoms with Crippen LogP contribution in [0.5, 0.6) is 0 Å². The normalized spacial score (nSPS) is 10.8. The number of nitrogens with zero attached hydrogens (tertiary/aromatic N) is 3. The van der Waals surface area contributed by atoms with Crippen LogP contribution in [-0.2, 0) is 0 Å². The van der Waals surface area contributed by atoms with Crippen molar-refractivity contribution in [1.82, 2.24) is 15.1 Å². The van der Waals surface area contributed by atoms with E-state index in [2.05, 4.69) is 15.1 Å². The van der Waals surface area contributed by atoms with Gasteiger partial charge in [0.1, 0.15) is 17.3 Å². The Morgan fingerprint density at radius 1 is 0.950 bits per heavy atom. The Morgan fingerprint density at radius 2 is 1.60 bits per heavy atom. The Bertz CT molecular complexity index is 733. The lowest BCUT2D eigenvalue weighted by atomic mass is 10.0. The second-order valence-corrected chi connectivity index (χ2v) is 4.92. The van der Waals surface area contributed by atoms with Crippen molar-refractivity contribution in [2.45, 2.75) is 13.8 Å². The summed E-state index contributed by atoms with van der Waals surface area (Å²) in [5.41, 5.74) is 3.51. The zero-order valence-corrected chi connectivity index (χ0v) is 11.8. The Hall–Kier alpha value is -2.20. The molecule has 2 aromatic heterocycles. The second kappa shape index (κ2) is 5.06. The van der Waals surface area contributed by atoms with Gasteiger partial charge in [-0.15, -0.1) is 0 Å². The Labute approximate surface area is 121 Å². The topological polar surface area (TPSA) is 51.8 Å². The van der Waals surface area contributed by atoms with Gasteiger partial charge in [0.2, 0.25) is 0 Å². The molecule has 4 nitrogen and oxygen atoms in total. The highest BCUT2D eigenvalue weighted by molar-refractivity contribution is 6.30. The number of benzene rings is 1. The Morgan fingerprint density at radius 3 is 2.25 bits per heavy atom. The molecule has 5 heteroatoms. The van der Waals surface area contributed by atoms with Crippen molar-refractivity contribution in [2.24, 2.45) is 0 Å². The monoisotopic (exact) mass is 285 g/mol. The van der Waals surface area contributed by atoms with E-state index in [0.29, 0.717) is 5.02 Å². The molecule has 0 saturated heterocycles. The number of aromatic nitrogens is 3. The molecule has 0 fully saturated rings. The predicted octanol–water partition coefficient (Wildman–Crippen LogP) is 4.07. The molecule has 1 aromatic carbocycles. The standard InChI is InChI=1S/C15H12ClN3O/c1-9-14(12-7-17-10(2)18-8-12)15(19-20-9)11-3-5-13(16)6-4-11/h3-8H,1-2H3. The van der Waals surface area contributed by atoms with E-state index in [1.807, 2.05) is 38.1 Å². The quantitative estimate of drug-likeness (QED) is 0.712. The van der Waals surface area contributed by atoms with Gasteiger partial charge in [0.05, 0.1) is 5.56 Å². The summed E-state index contributed by atoms with van der Waals surface area (Å²) in [5, 5.41) is 4.83. The highest BCUT2D eigenvalue weighted by Gasteiger charge is 2.17. The summed E-state index contributed by atoms with van der Waals surface area (Å²) in [7, 11) is 0. The fourth-order valence-electron chi connectivity index (χ4n) is 2.04. The van der Waals surface area contributed by atoms with Crippen molar-refractivity contribution in [1.29, 1.82) is 0 Å². The van der Waals surface area contributed by atoms with E-state index in [0.717, 1.165) is 34.0 Å². The van der Waals surface area contributed by atoms with Gasteiger partial charge in [-0.1, -0.05) is 28.9 Å². The van der Waals surface area contributed by atoms with Crippen LogP contribution in [0.2, 0.25) is 5.02 Å². The third-order valence-electron chi connectivity index (χ3n) is 3.05. The molecular formula is C15H12ClN3O. The summed E-state index contributed by atoms with van der Waals surface area (Å²) < 4.78 is 5.33. The van der Waals surface area contributed by atoms with Gasteiger partial charge in [-0.05, 0) is 26.0 Å². The van der Waals surface area contributed by atoms with Crippen molar-refractivity contribution < 1.29 is 4.52 Å². The minimum absolute atomic E-state index is 0.689. The van der Waals surface area contributed by atoms with E-state index >= 15 is 0 Å². The highest BCUT2D eigenvalue weighted by atomic mass is 35.5.